The molecule has 0 aliphatic rings. The normalized spacial score (nSPS) is 11.4. The van der Waals surface area contributed by atoms with Crippen LogP contribution in [0.15, 0.2) is 0 Å². The average molecular weight is 234 g/mol. The number of carbonyl (C=O) groups excluding carboxylic acids is 1. The molecule has 0 aliphatic heterocycles. The lowest BCUT2D eigenvalue weighted by Crippen LogP contribution is -2.55. The predicted octanol–water partition coefficient (Wildman–Crippen LogP) is 1.95. The summed E-state index contributed by atoms with van der Waals surface area (Å²) in [7, 11) is 1.41. The Labute approximate surface area is 91.1 Å². The van der Waals surface area contributed by atoms with E-state index in [2.05, 4.69) is 43.9 Å². The summed E-state index contributed by atoms with van der Waals surface area (Å²) in [5.41, 5.74) is 0. The highest BCUT2D eigenvalue weighted by molar-refractivity contribution is 6.90. The Hall–Kier alpha value is -0.136. The van der Waals surface area contributed by atoms with E-state index in [1.807, 2.05) is 0 Å². The van der Waals surface area contributed by atoms with Crippen LogP contribution >= 0.6 is 0 Å². The van der Waals surface area contributed by atoms with Crippen LogP contribution in [0.2, 0.25) is 39.3 Å². The van der Waals surface area contributed by atoms with E-state index in [0.717, 1.165) is 6.41 Å². The smallest absolute Gasteiger partial charge is 0.209 e. The van der Waals surface area contributed by atoms with Gasteiger partial charge in [-0.2, -0.15) is 0 Å². The van der Waals surface area contributed by atoms with E-state index in [4.69, 9.17) is 0 Å². The first kappa shape index (κ1) is 16.3. The van der Waals surface area contributed by atoms with Crippen molar-refractivity contribution in [2.24, 2.45) is 0 Å². The molecule has 0 saturated carbocycles. The Morgan fingerprint density at radius 3 is 1.14 bits per heavy atom. The van der Waals surface area contributed by atoms with Crippen LogP contribution in [0.25, 0.3) is 0 Å². The Morgan fingerprint density at radius 1 is 0.929 bits per heavy atom. The summed E-state index contributed by atoms with van der Waals surface area (Å²) in [6.45, 7) is 14.1. The van der Waals surface area contributed by atoms with E-state index in [9.17, 15) is 4.79 Å². The fourth-order valence-corrected chi connectivity index (χ4v) is 10.1. The third-order valence-corrected chi connectivity index (χ3v) is 6.96. The molecule has 3 nitrogen and oxygen atoms in total. The van der Waals surface area contributed by atoms with Crippen molar-refractivity contribution in [3.8, 4) is 0 Å². The molecule has 0 bridgehead atoms. The predicted molar refractivity (Wildman–Crippen MR) is 69.6 cm³/mol. The fraction of sp³-hybridized carbons (Fsp3) is 0.889. The summed E-state index contributed by atoms with van der Waals surface area (Å²) in [6.07, 6.45) is 0.750. The molecule has 0 rings (SSSR count). The first-order chi connectivity index (χ1) is 5.98. The molecule has 0 aliphatic carbocycles. The van der Waals surface area contributed by atoms with Crippen molar-refractivity contribution in [3.05, 3.63) is 0 Å². The quantitative estimate of drug-likeness (QED) is 0.598. The minimum atomic E-state index is -0.981. The monoisotopic (exact) mass is 234 g/mol. The molecule has 0 saturated heterocycles. The molecule has 0 radical (unpaired) electrons. The highest BCUT2D eigenvalue weighted by Gasteiger charge is 2.22. The standard InChI is InChI=1S/C6H19NSi2.C3H7NO/c1-8(2,3)7-9(4,5)6;1-4(2)3-5/h7H,1-6H3;3H,1-2H3. The van der Waals surface area contributed by atoms with Crippen LogP contribution in [-0.4, -0.2) is 41.9 Å². The van der Waals surface area contributed by atoms with Crippen molar-refractivity contribution in [3.63, 3.8) is 0 Å². The van der Waals surface area contributed by atoms with Gasteiger partial charge in [0.25, 0.3) is 0 Å². The largest absolute Gasteiger partial charge is 0.360 e. The number of hydrogen-bond acceptors (Lipinski definition) is 2. The van der Waals surface area contributed by atoms with Crippen molar-refractivity contribution >= 4 is 22.9 Å². The topological polar surface area (TPSA) is 32.3 Å². The Morgan fingerprint density at radius 2 is 1.14 bits per heavy atom. The van der Waals surface area contributed by atoms with E-state index in [0.29, 0.717) is 0 Å². The van der Waals surface area contributed by atoms with Crippen LogP contribution in [0.1, 0.15) is 0 Å². The molecule has 5 heteroatoms. The van der Waals surface area contributed by atoms with Gasteiger partial charge in [0.05, 0.1) is 0 Å². The van der Waals surface area contributed by atoms with Crippen molar-refractivity contribution < 1.29 is 4.79 Å². The van der Waals surface area contributed by atoms with Crippen LogP contribution in [0, 0.1) is 0 Å². The summed E-state index contributed by atoms with van der Waals surface area (Å²) in [4.78, 5) is 10.9. The molecule has 0 aromatic heterocycles. The second-order valence-corrected chi connectivity index (χ2v) is 15.7. The highest BCUT2D eigenvalue weighted by Crippen LogP contribution is 2.02. The molecule has 0 spiro atoms. The van der Waals surface area contributed by atoms with Crippen molar-refractivity contribution in [2.75, 3.05) is 14.1 Å². The van der Waals surface area contributed by atoms with E-state index in [1.165, 1.54) is 4.90 Å². The van der Waals surface area contributed by atoms with Crippen molar-refractivity contribution in [1.29, 1.82) is 0 Å². The van der Waals surface area contributed by atoms with Gasteiger partial charge in [0.15, 0.2) is 0 Å². The zero-order chi connectivity index (χ0) is 12.0. The van der Waals surface area contributed by atoms with Crippen molar-refractivity contribution in [2.45, 2.75) is 39.3 Å². The summed E-state index contributed by atoms with van der Waals surface area (Å²) in [5, 5.41) is 0. The zero-order valence-electron chi connectivity index (χ0n) is 10.9. The van der Waals surface area contributed by atoms with E-state index >= 15 is 0 Å². The fourth-order valence-electron chi connectivity index (χ4n) is 1.12. The number of rotatable bonds is 3. The van der Waals surface area contributed by atoms with E-state index < -0.39 is 16.5 Å². The first-order valence-electron chi connectivity index (χ1n) is 4.89. The lowest BCUT2D eigenvalue weighted by molar-refractivity contribution is -0.115. The molecule has 0 aromatic carbocycles. The molecule has 0 atom stereocenters. The van der Waals surface area contributed by atoms with Crippen LogP contribution in [0.3, 0.4) is 0 Å². The molecular formula is C9H26N2OSi2. The average Bonchev–Trinajstić information content (AvgIpc) is 1.80. The lowest BCUT2D eigenvalue weighted by atomic mass is 11.0. The van der Waals surface area contributed by atoms with Gasteiger partial charge in [0.1, 0.15) is 16.5 Å². The third-order valence-electron chi connectivity index (χ3n) is 0.961. The molecule has 1 amide bonds. The summed E-state index contributed by atoms with van der Waals surface area (Å²) in [6, 6.07) is 0. The van der Waals surface area contributed by atoms with Crippen LogP contribution in [0.5, 0.6) is 0 Å². The van der Waals surface area contributed by atoms with Gasteiger partial charge in [-0.1, -0.05) is 39.3 Å². The van der Waals surface area contributed by atoms with Gasteiger partial charge in [0, 0.05) is 14.1 Å². The molecule has 86 valence electrons. The molecule has 0 aromatic rings. The number of carbonyl (C=O) groups is 1. The number of nitrogens with zero attached hydrogens (tertiary/aromatic N) is 1. The Bertz CT molecular complexity index is 147. The first-order valence-corrected chi connectivity index (χ1v) is 11.9. The minimum absolute atomic E-state index is 0.750. The molecule has 14 heavy (non-hydrogen) atoms. The second kappa shape index (κ2) is 6.37. The molecule has 1 N–H and O–H groups in total. The van der Waals surface area contributed by atoms with Crippen molar-refractivity contribution in [1.82, 2.24) is 9.55 Å². The van der Waals surface area contributed by atoms with E-state index in [1.54, 1.807) is 14.1 Å². The van der Waals surface area contributed by atoms with Gasteiger partial charge >= 0.3 is 0 Å². The highest BCUT2D eigenvalue weighted by atomic mass is 28.4. The molecule has 0 heterocycles. The van der Waals surface area contributed by atoms with Gasteiger partial charge in [0.2, 0.25) is 6.41 Å². The molecule has 0 fully saturated rings. The Balaban J connectivity index is 0. The van der Waals surface area contributed by atoms with Gasteiger partial charge in [-0.25, -0.2) is 0 Å². The third kappa shape index (κ3) is 22.6. The number of nitrogens with one attached hydrogen (secondary N) is 1. The lowest BCUT2D eigenvalue weighted by Gasteiger charge is -2.28. The SMILES string of the molecule is CN(C)C=O.C[Si](C)(C)N[Si](C)(C)C. The number of hydrogen-bond donors (Lipinski definition) is 1. The molecule has 0 unspecified atom stereocenters. The number of amides is 1. The maximum absolute atomic E-state index is 9.43. The van der Waals surface area contributed by atoms with Crippen LogP contribution in [0.4, 0.5) is 0 Å². The summed E-state index contributed by atoms with van der Waals surface area (Å²) in [5.74, 6) is 0. The summed E-state index contributed by atoms with van der Waals surface area (Å²) >= 11 is 0. The Kier molecular flexibility index (Phi) is 7.41. The van der Waals surface area contributed by atoms with Crippen LogP contribution in [-0.2, 0) is 4.79 Å². The van der Waals surface area contributed by atoms with Gasteiger partial charge < -0.3 is 9.55 Å². The van der Waals surface area contributed by atoms with Gasteiger partial charge in [-0.3, -0.25) is 4.79 Å². The maximum Gasteiger partial charge on any atom is 0.209 e. The van der Waals surface area contributed by atoms with Gasteiger partial charge in [-0.05, 0) is 0 Å². The zero-order valence-corrected chi connectivity index (χ0v) is 12.9. The molecular weight excluding hydrogens is 208 g/mol. The maximum atomic E-state index is 9.43. The van der Waals surface area contributed by atoms with Gasteiger partial charge in [-0.15, -0.1) is 0 Å². The van der Waals surface area contributed by atoms with Crippen LogP contribution < -0.4 is 4.65 Å². The minimum Gasteiger partial charge on any atom is -0.360 e. The second-order valence-electron chi connectivity index (χ2n) is 5.69. The van der Waals surface area contributed by atoms with E-state index in [-0.39, 0.29) is 0 Å². The summed E-state index contributed by atoms with van der Waals surface area (Å²) < 4.78 is 3.74.